The van der Waals surface area contributed by atoms with Crippen LogP contribution in [-0.4, -0.2) is 33.3 Å². The Morgan fingerprint density at radius 1 is 1.67 bits per heavy atom. The third-order valence-corrected chi connectivity index (χ3v) is 1.78. The van der Waals surface area contributed by atoms with Gasteiger partial charge in [-0.1, -0.05) is 0 Å². The summed E-state index contributed by atoms with van der Waals surface area (Å²) in [5.41, 5.74) is 0. The van der Waals surface area contributed by atoms with Gasteiger partial charge in [0.05, 0.1) is 0 Å². The Hall–Kier alpha value is -1.04. The van der Waals surface area contributed by atoms with Crippen LogP contribution in [0.5, 0.6) is 0 Å². The molecule has 0 aromatic carbocycles. The topological polar surface area (TPSA) is 76.2 Å². The summed E-state index contributed by atoms with van der Waals surface area (Å²) in [4.78, 5) is 10.3. The molecular formula is C6H8N2O3S. The summed E-state index contributed by atoms with van der Waals surface area (Å²) < 4.78 is 4.81. The molecule has 0 spiro atoms. The molecule has 1 aromatic rings. The van der Waals surface area contributed by atoms with E-state index < -0.39 is 5.97 Å². The van der Waals surface area contributed by atoms with Gasteiger partial charge in [-0.3, -0.25) is 0 Å². The highest BCUT2D eigenvalue weighted by Gasteiger charge is 2.11. The number of aryl methyl sites for hydroxylation is 1. The van der Waals surface area contributed by atoms with E-state index in [9.17, 15) is 4.79 Å². The maximum absolute atomic E-state index is 10.3. The predicted octanol–water partition coefficient (Wildman–Crippen LogP) is 0.673. The van der Waals surface area contributed by atoms with Crippen molar-refractivity contribution in [3.05, 3.63) is 11.8 Å². The van der Waals surface area contributed by atoms with Gasteiger partial charge in [0.15, 0.2) is 0 Å². The van der Waals surface area contributed by atoms with Gasteiger partial charge in [0, 0.05) is 12.2 Å². The number of aromatic nitrogens is 2. The third kappa shape index (κ3) is 2.23. The van der Waals surface area contributed by atoms with Crippen molar-refractivity contribution < 1.29 is 14.3 Å². The molecule has 66 valence electrons. The Bertz CT molecular complexity index is 274. The molecule has 0 fully saturated rings. The first kappa shape index (κ1) is 9.05. The summed E-state index contributed by atoms with van der Waals surface area (Å²) in [7, 11) is 0. The van der Waals surface area contributed by atoms with E-state index in [1.807, 2.05) is 6.26 Å². The highest BCUT2D eigenvalue weighted by atomic mass is 32.2. The first-order valence-corrected chi connectivity index (χ1v) is 4.68. The highest BCUT2D eigenvalue weighted by Crippen LogP contribution is 2.03. The van der Waals surface area contributed by atoms with Crippen molar-refractivity contribution in [2.45, 2.75) is 6.42 Å². The van der Waals surface area contributed by atoms with Crippen molar-refractivity contribution in [1.29, 1.82) is 0 Å². The van der Waals surface area contributed by atoms with Crippen LogP contribution in [0.2, 0.25) is 0 Å². The Kier molecular flexibility index (Phi) is 3.09. The monoisotopic (exact) mass is 188 g/mol. The zero-order chi connectivity index (χ0) is 8.97. The summed E-state index contributed by atoms with van der Waals surface area (Å²) in [5, 5.41) is 15.3. The van der Waals surface area contributed by atoms with Crippen molar-refractivity contribution in [2.75, 3.05) is 12.0 Å². The lowest BCUT2D eigenvalue weighted by molar-refractivity contribution is 0.0651. The number of carbonyl (C=O) groups is 1. The molecule has 0 saturated carbocycles. The number of thioether (sulfide) groups is 1. The summed E-state index contributed by atoms with van der Waals surface area (Å²) in [6.45, 7) is 0. The zero-order valence-electron chi connectivity index (χ0n) is 6.48. The fourth-order valence-electron chi connectivity index (χ4n) is 0.630. The SMILES string of the molecule is CSCCc1nnc(C(=O)O)o1. The second-order valence-electron chi connectivity index (χ2n) is 2.05. The van der Waals surface area contributed by atoms with Gasteiger partial charge in [-0.25, -0.2) is 4.79 Å². The maximum atomic E-state index is 10.3. The van der Waals surface area contributed by atoms with Gasteiger partial charge in [0.2, 0.25) is 5.89 Å². The molecule has 0 aliphatic rings. The van der Waals surface area contributed by atoms with Gasteiger partial charge in [-0.05, 0) is 6.26 Å². The molecule has 6 heteroatoms. The van der Waals surface area contributed by atoms with Crippen LogP contribution < -0.4 is 0 Å². The van der Waals surface area contributed by atoms with E-state index in [-0.39, 0.29) is 5.89 Å². The quantitative estimate of drug-likeness (QED) is 0.748. The Labute approximate surface area is 73.2 Å². The minimum atomic E-state index is -1.18. The van der Waals surface area contributed by atoms with E-state index in [4.69, 9.17) is 9.52 Å². The summed E-state index contributed by atoms with van der Waals surface area (Å²) in [6.07, 6.45) is 2.57. The van der Waals surface area contributed by atoms with Crippen molar-refractivity contribution in [2.24, 2.45) is 0 Å². The normalized spacial score (nSPS) is 10.1. The van der Waals surface area contributed by atoms with Gasteiger partial charge in [-0.2, -0.15) is 11.8 Å². The summed E-state index contributed by atoms with van der Waals surface area (Å²) in [6, 6.07) is 0. The fraction of sp³-hybridized carbons (Fsp3) is 0.500. The number of rotatable bonds is 4. The molecule has 1 rings (SSSR count). The first-order valence-electron chi connectivity index (χ1n) is 3.28. The average molecular weight is 188 g/mol. The summed E-state index contributed by atoms with van der Waals surface area (Å²) in [5.74, 6) is -0.299. The van der Waals surface area contributed by atoms with E-state index in [0.717, 1.165) is 5.75 Å². The van der Waals surface area contributed by atoms with E-state index >= 15 is 0 Å². The smallest absolute Gasteiger partial charge is 0.393 e. The Morgan fingerprint density at radius 2 is 2.42 bits per heavy atom. The number of carboxylic acid groups (broad SMARTS) is 1. The molecular weight excluding hydrogens is 180 g/mol. The van der Waals surface area contributed by atoms with E-state index in [1.165, 1.54) is 0 Å². The van der Waals surface area contributed by atoms with E-state index in [1.54, 1.807) is 11.8 Å². The Balaban J connectivity index is 2.58. The first-order chi connectivity index (χ1) is 5.74. The molecule has 1 heterocycles. The lowest BCUT2D eigenvalue weighted by atomic mass is 10.5. The van der Waals surface area contributed by atoms with Gasteiger partial charge < -0.3 is 9.52 Å². The van der Waals surface area contributed by atoms with Crippen LogP contribution in [0.4, 0.5) is 0 Å². The lowest BCUT2D eigenvalue weighted by Crippen LogP contribution is -1.95. The largest absolute Gasteiger partial charge is 0.474 e. The van der Waals surface area contributed by atoms with E-state index in [2.05, 4.69) is 10.2 Å². The number of nitrogens with zero attached hydrogens (tertiary/aromatic N) is 2. The molecule has 1 N–H and O–H groups in total. The molecule has 0 atom stereocenters. The zero-order valence-corrected chi connectivity index (χ0v) is 7.30. The van der Waals surface area contributed by atoms with Gasteiger partial charge in [-0.15, -0.1) is 10.2 Å². The minimum Gasteiger partial charge on any atom is -0.474 e. The average Bonchev–Trinajstić information content (AvgIpc) is 2.48. The van der Waals surface area contributed by atoms with Crippen molar-refractivity contribution >= 4 is 17.7 Å². The number of hydrogen-bond donors (Lipinski definition) is 1. The molecule has 12 heavy (non-hydrogen) atoms. The molecule has 0 radical (unpaired) electrons. The highest BCUT2D eigenvalue weighted by molar-refractivity contribution is 7.98. The second-order valence-corrected chi connectivity index (χ2v) is 3.03. The molecule has 1 aromatic heterocycles. The molecule has 0 aliphatic carbocycles. The maximum Gasteiger partial charge on any atom is 0.393 e. The number of hydrogen-bond acceptors (Lipinski definition) is 5. The van der Waals surface area contributed by atoms with Crippen LogP contribution >= 0.6 is 11.8 Å². The van der Waals surface area contributed by atoms with Gasteiger partial charge in [0.1, 0.15) is 0 Å². The molecule has 0 bridgehead atoms. The van der Waals surface area contributed by atoms with Crippen LogP contribution in [0.15, 0.2) is 4.42 Å². The second kappa shape index (κ2) is 4.10. The molecule has 0 saturated heterocycles. The standard InChI is InChI=1S/C6H8N2O3S/c1-12-3-2-4-7-8-5(11-4)6(9)10/h2-3H2,1H3,(H,9,10). The van der Waals surface area contributed by atoms with Crippen LogP contribution in [0.25, 0.3) is 0 Å². The van der Waals surface area contributed by atoms with Gasteiger partial charge >= 0.3 is 11.9 Å². The number of aromatic carboxylic acids is 1. The summed E-state index contributed by atoms with van der Waals surface area (Å²) >= 11 is 1.64. The van der Waals surface area contributed by atoms with Crippen LogP contribution in [0.3, 0.4) is 0 Å². The Morgan fingerprint density at radius 3 is 2.92 bits per heavy atom. The molecule has 0 unspecified atom stereocenters. The van der Waals surface area contributed by atoms with Crippen LogP contribution in [0.1, 0.15) is 16.6 Å². The van der Waals surface area contributed by atoms with E-state index in [0.29, 0.717) is 12.3 Å². The predicted molar refractivity (Wildman–Crippen MR) is 43.3 cm³/mol. The van der Waals surface area contributed by atoms with Crippen molar-refractivity contribution in [1.82, 2.24) is 10.2 Å². The molecule has 0 amide bonds. The molecule has 5 nitrogen and oxygen atoms in total. The minimum absolute atomic E-state index is 0.342. The van der Waals surface area contributed by atoms with Crippen LogP contribution in [-0.2, 0) is 6.42 Å². The molecule has 0 aliphatic heterocycles. The lowest BCUT2D eigenvalue weighted by Gasteiger charge is -1.88. The number of carboxylic acids is 1. The van der Waals surface area contributed by atoms with Gasteiger partial charge in [0.25, 0.3) is 0 Å². The third-order valence-electron chi connectivity index (χ3n) is 1.17. The fourth-order valence-corrected chi connectivity index (χ4v) is 1.01. The van der Waals surface area contributed by atoms with Crippen LogP contribution in [0, 0.1) is 0 Å². The van der Waals surface area contributed by atoms with Crippen molar-refractivity contribution in [3.8, 4) is 0 Å². The van der Waals surface area contributed by atoms with Crippen molar-refractivity contribution in [3.63, 3.8) is 0 Å².